The van der Waals surface area contributed by atoms with E-state index in [-0.39, 0.29) is 17.6 Å². The van der Waals surface area contributed by atoms with E-state index in [1.807, 2.05) is 17.9 Å². The molecular formula is C18H24N4O2. The van der Waals surface area contributed by atoms with E-state index in [0.717, 1.165) is 13.1 Å². The molecule has 1 aliphatic heterocycles. The fourth-order valence-corrected chi connectivity index (χ4v) is 3.23. The molecule has 1 aliphatic rings. The van der Waals surface area contributed by atoms with E-state index in [1.165, 1.54) is 11.1 Å². The van der Waals surface area contributed by atoms with Gasteiger partial charge < -0.3 is 9.88 Å². The molecular weight excluding hydrogens is 304 g/mol. The van der Waals surface area contributed by atoms with Crippen LogP contribution >= 0.6 is 0 Å². The minimum atomic E-state index is -0.154. The number of nitrogens with one attached hydrogen (secondary N) is 1. The lowest BCUT2D eigenvalue weighted by Gasteiger charge is -2.39. The first-order valence-electron chi connectivity index (χ1n) is 8.37. The Hall–Kier alpha value is -2.34. The molecule has 0 saturated carbocycles. The Labute approximate surface area is 141 Å². The number of hydrogen-bond donors (Lipinski definition) is 1. The van der Waals surface area contributed by atoms with Gasteiger partial charge in [0.15, 0.2) is 0 Å². The van der Waals surface area contributed by atoms with Crippen molar-refractivity contribution in [2.75, 3.05) is 19.6 Å². The standard InChI is InChI=1S/C18H24N4O2/c1-14-4-3-5-16(12-14)13-22-11-9-20(15(2)17(22)23)8-10-21-7-6-19-18(21)24/h3-7,12,15H,8-11,13H2,1-2H3,(H,19,24)/t15-/m0/s1. The Kier molecular flexibility index (Phi) is 4.85. The molecule has 0 spiro atoms. The van der Waals surface area contributed by atoms with Crippen LogP contribution in [0.3, 0.4) is 0 Å². The average molecular weight is 328 g/mol. The molecule has 2 aromatic rings. The molecule has 0 radical (unpaired) electrons. The molecule has 6 nitrogen and oxygen atoms in total. The van der Waals surface area contributed by atoms with E-state index in [4.69, 9.17) is 0 Å². The van der Waals surface area contributed by atoms with Crippen LogP contribution in [0.5, 0.6) is 0 Å². The smallest absolute Gasteiger partial charge is 0.325 e. The highest BCUT2D eigenvalue weighted by molar-refractivity contribution is 5.82. The zero-order valence-corrected chi connectivity index (χ0v) is 14.2. The Morgan fingerprint density at radius 3 is 2.75 bits per heavy atom. The van der Waals surface area contributed by atoms with Crippen LogP contribution in [-0.2, 0) is 17.9 Å². The van der Waals surface area contributed by atoms with Crippen LogP contribution in [0.1, 0.15) is 18.1 Å². The lowest BCUT2D eigenvalue weighted by Crippen LogP contribution is -2.56. The molecule has 0 aliphatic carbocycles. The van der Waals surface area contributed by atoms with Gasteiger partial charge in [-0.2, -0.15) is 0 Å². The van der Waals surface area contributed by atoms with E-state index < -0.39 is 0 Å². The van der Waals surface area contributed by atoms with Gasteiger partial charge in [0.25, 0.3) is 0 Å². The van der Waals surface area contributed by atoms with Crippen molar-refractivity contribution in [3.63, 3.8) is 0 Å². The van der Waals surface area contributed by atoms with Crippen LogP contribution in [0.2, 0.25) is 0 Å². The Morgan fingerprint density at radius 1 is 1.21 bits per heavy atom. The number of aromatic amines is 1. The summed E-state index contributed by atoms with van der Waals surface area (Å²) in [5.74, 6) is 0.157. The van der Waals surface area contributed by atoms with E-state index in [1.54, 1.807) is 17.0 Å². The summed E-state index contributed by atoms with van der Waals surface area (Å²) in [6.45, 7) is 7.52. The number of aryl methyl sites for hydroxylation is 1. The number of nitrogens with zero attached hydrogens (tertiary/aromatic N) is 3. The van der Waals surface area contributed by atoms with Crippen molar-refractivity contribution < 1.29 is 4.79 Å². The first kappa shape index (κ1) is 16.5. The molecule has 2 heterocycles. The summed E-state index contributed by atoms with van der Waals surface area (Å²) in [4.78, 5) is 30.9. The predicted octanol–water partition coefficient (Wildman–Crippen LogP) is 1.22. The zero-order valence-electron chi connectivity index (χ0n) is 14.2. The van der Waals surface area contributed by atoms with Gasteiger partial charge in [-0.1, -0.05) is 29.8 Å². The third-order valence-electron chi connectivity index (χ3n) is 4.68. The molecule has 1 fully saturated rings. The summed E-state index contributed by atoms with van der Waals surface area (Å²) in [5.41, 5.74) is 2.28. The van der Waals surface area contributed by atoms with Gasteiger partial charge >= 0.3 is 5.69 Å². The van der Waals surface area contributed by atoms with Crippen LogP contribution in [0, 0.1) is 6.92 Å². The molecule has 128 valence electrons. The average Bonchev–Trinajstić information content (AvgIpc) is 2.96. The number of amides is 1. The minimum absolute atomic E-state index is 0.105. The van der Waals surface area contributed by atoms with Gasteiger partial charge in [-0.25, -0.2) is 4.79 Å². The maximum Gasteiger partial charge on any atom is 0.325 e. The van der Waals surface area contributed by atoms with Crippen molar-refractivity contribution in [3.8, 4) is 0 Å². The molecule has 1 saturated heterocycles. The van der Waals surface area contributed by atoms with Crippen LogP contribution in [0.4, 0.5) is 0 Å². The van der Waals surface area contributed by atoms with Crippen molar-refractivity contribution in [2.45, 2.75) is 33.0 Å². The van der Waals surface area contributed by atoms with Crippen molar-refractivity contribution in [2.24, 2.45) is 0 Å². The number of hydrogen-bond acceptors (Lipinski definition) is 3. The van der Waals surface area contributed by atoms with Crippen molar-refractivity contribution >= 4 is 5.91 Å². The first-order chi connectivity index (χ1) is 11.5. The predicted molar refractivity (Wildman–Crippen MR) is 92.7 cm³/mol. The second-order valence-corrected chi connectivity index (χ2v) is 6.42. The summed E-state index contributed by atoms with van der Waals surface area (Å²) in [7, 11) is 0. The van der Waals surface area contributed by atoms with Crippen LogP contribution in [-0.4, -0.2) is 50.9 Å². The second kappa shape index (κ2) is 7.05. The molecule has 0 bridgehead atoms. The molecule has 1 aromatic carbocycles. The zero-order chi connectivity index (χ0) is 17.1. The van der Waals surface area contributed by atoms with E-state index in [0.29, 0.717) is 19.6 Å². The largest absolute Gasteiger partial charge is 0.336 e. The van der Waals surface area contributed by atoms with Crippen molar-refractivity contribution in [3.05, 3.63) is 58.3 Å². The second-order valence-electron chi connectivity index (χ2n) is 6.42. The topological polar surface area (TPSA) is 61.3 Å². The number of imidazole rings is 1. The highest BCUT2D eigenvalue weighted by Crippen LogP contribution is 2.15. The summed E-state index contributed by atoms with van der Waals surface area (Å²) in [6, 6.07) is 8.13. The highest BCUT2D eigenvalue weighted by Gasteiger charge is 2.31. The Balaban J connectivity index is 1.59. The molecule has 1 aromatic heterocycles. The van der Waals surface area contributed by atoms with E-state index >= 15 is 0 Å². The SMILES string of the molecule is Cc1cccc(CN2CCN(CCn3cc[nH]c3=O)[C@@H](C)C2=O)c1. The number of benzene rings is 1. The Bertz CT molecular complexity index is 764. The lowest BCUT2D eigenvalue weighted by molar-refractivity contribution is -0.141. The summed E-state index contributed by atoms with van der Waals surface area (Å²) in [5, 5.41) is 0. The summed E-state index contributed by atoms with van der Waals surface area (Å²) in [6.07, 6.45) is 3.37. The van der Waals surface area contributed by atoms with Gasteiger partial charge in [0.05, 0.1) is 6.04 Å². The van der Waals surface area contributed by atoms with Crippen LogP contribution in [0.25, 0.3) is 0 Å². The molecule has 6 heteroatoms. The molecule has 1 amide bonds. The van der Waals surface area contributed by atoms with Gasteiger partial charge in [0.1, 0.15) is 0 Å². The third kappa shape index (κ3) is 3.59. The number of carbonyl (C=O) groups excluding carboxylic acids is 1. The lowest BCUT2D eigenvalue weighted by atomic mass is 10.1. The summed E-state index contributed by atoms with van der Waals surface area (Å²) < 4.78 is 1.64. The number of piperazine rings is 1. The quantitative estimate of drug-likeness (QED) is 0.898. The number of aromatic nitrogens is 2. The van der Waals surface area contributed by atoms with Gasteiger partial charge in [-0.3, -0.25) is 14.3 Å². The van der Waals surface area contributed by atoms with Crippen LogP contribution < -0.4 is 5.69 Å². The molecule has 0 unspecified atom stereocenters. The van der Waals surface area contributed by atoms with E-state index in [9.17, 15) is 9.59 Å². The Morgan fingerprint density at radius 2 is 2.04 bits per heavy atom. The van der Waals surface area contributed by atoms with Gasteiger partial charge in [0.2, 0.25) is 5.91 Å². The molecule has 24 heavy (non-hydrogen) atoms. The maximum atomic E-state index is 12.7. The number of carbonyl (C=O) groups is 1. The molecule has 1 atom stereocenters. The molecule has 1 N–H and O–H groups in total. The van der Waals surface area contributed by atoms with Gasteiger partial charge in [-0.05, 0) is 19.4 Å². The first-order valence-corrected chi connectivity index (χ1v) is 8.37. The normalized spacial score (nSPS) is 19.0. The number of H-pyrrole nitrogens is 1. The molecule has 3 rings (SSSR count). The van der Waals surface area contributed by atoms with Crippen molar-refractivity contribution in [1.29, 1.82) is 0 Å². The fourth-order valence-electron chi connectivity index (χ4n) is 3.23. The van der Waals surface area contributed by atoms with Crippen molar-refractivity contribution in [1.82, 2.24) is 19.4 Å². The fraction of sp³-hybridized carbons (Fsp3) is 0.444. The highest BCUT2D eigenvalue weighted by atomic mass is 16.2. The van der Waals surface area contributed by atoms with Gasteiger partial charge in [0, 0.05) is 45.1 Å². The monoisotopic (exact) mass is 328 g/mol. The van der Waals surface area contributed by atoms with Crippen LogP contribution in [0.15, 0.2) is 41.5 Å². The van der Waals surface area contributed by atoms with Gasteiger partial charge in [-0.15, -0.1) is 0 Å². The summed E-state index contributed by atoms with van der Waals surface area (Å²) >= 11 is 0. The minimum Gasteiger partial charge on any atom is -0.336 e. The number of rotatable bonds is 5. The van der Waals surface area contributed by atoms with E-state index in [2.05, 4.69) is 35.0 Å². The third-order valence-corrected chi connectivity index (χ3v) is 4.68. The maximum absolute atomic E-state index is 12.7.